The highest BCUT2D eigenvalue weighted by atomic mass is 16.3. The lowest BCUT2D eigenvalue weighted by atomic mass is 9.67. The quantitative estimate of drug-likeness (QED) is 0.159. The number of benzene rings is 11. The summed E-state index contributed by atoms with van der Waals surface area (Å²) in [4.78, 5) is 2.40. The van der Waals surface area contributed by atoms with Crippen molar-refractivity contribution in [2.45, 2.75) is 5.41 Å². The molecule has 1 aliphatic rings. The van der Waals surface area contributed by atoms with Gasteiger partial charge in [-0.15, -0.1) is 0 Å². The zero-order valence-corrected chi connectivity index (χ0v) is 37.1. The second kappa shape index (κ2) is 15.1. The monoisotopic (exact) mass is 866 g/mol. The molecule has 3 heteroatoms. The van der Waals surface area contributed by atoms with E-state index in [1.807, 2.05) is 0 Å². The van der Waals surface area contributed by atoms with Crippen molar-refractivity contribution >= 4 is 71.6 Å². The number of rotatable bonds is 7. The van der Waals surface area contributed by atoms with Gasteiger partial charge in [-0.25, -0.2) is 0 Å². The van der Waals surface area contributed by atoms with Crippen molar-refractivity contribution in [3.05, 3.63) is 277 Å². The van der Waals surface area contributed by atoms with Crippen molar-refractivity contribution in [3.8, 4) is 27.9 Å². The maximum atomic E-state index is 6.54. The molecule has 11 aromatic carbocycles. The first kappa shape index (κ1) is 38.4. The van der Waals surface area contributed by atoms with E-state index in [9.17, 15) is 0 Å². The summed E-state index contributed by atoms with van der Waals surface area (Å²) in [6.07, 6.45) is 0. The van der Waals surface area contributed by atoms with Crippen LogP contribution in [0.3, 0.4) is 0 Å². The minimum Gasteiger partial charge on any atom is -0.456 e. The van der Waals surface area contributed by atoms with Gasteiger partial charge in [0.2, 0.25) is 0 Å². The maximum absolute atomic E-state index is 6.54. The third-order valence-corrected chi connectivity index (χ3v) is 14.4. The van der Waals surface area contributed by atoms with Crippen LogP contribution in [-0.2, 0) is 5.41 Å². The number of para-hydroxylation sites is 1. The highest BCUT2D eigenvalue weighted by molar-refractivity contribution is 6.19. The van der Waals surface area contributed by atoms with Gasteiger partial charge in [0.05, 0.1) is 16.4 Å². The van der Waals surface area contributed by atoms with E-state index < -0.39 is 5.41 Å². The van der Waals surface area contributed by atoms with Crippen molar-refractivity contribution in [2.75, 3.05) is 4.90 Å². The molecule has 0 unspecified atom stereocenters. The van der Waals surface area contributed by atoms with Crippen molar-refractivity contribution < 1.29 is 4.42 Å². The lowest BCUT2D eigenvalue weighted by Gasteiger charge is -2.34. The number of fused-ring (bicyclic) bond motifs is 11. The highest BCUT2D eigenvalue weighted by Crippen LogP contribution is 2.56. The third kappa shape index (κ3) is 5.66. The van der Waals surface area contributed by atoms with E-state index in [2.05, 4.69) is 264 Å². The first-order valence-electron chi connectivity index (χ1n) is 23.4. The molecule has 0 saturated carbocycles. The van der Waals surface area contributed by atoms with Crippen LogP contribution in [0, 0.1) is 0 Å². The second-order valence-corrected chi connectivity index (χ2v) is 18.0. The molecule has 0 amide bonds. The van der Waals surface area contributed by atoms with Crippen LogP contribution >= 0.6 is 0 Å². The van der Waals surface area contributed by atoms with Gasteiger partial charge in [-0.1, -0.05) is 176 Å². The maximum Gasteiger partial charge on any atom is 0.136 e. The molecule has 0 N–H and O–H groups in total. The van der Waals surface area contributed by atoms with Crippen LogP contribution in [-0.4, -0.2) is 4.57 Å². The predicted octanol–water partition coefficient (Wildman–Crippen LogP) is 17.3. The molecule has 2 heterocycles. The van der Waals surface area contributed by atoms with Crippen LogP contribution < -0.4 is 4.90 Å². The first-order chi connectivity index (χ1) is 33.7. The minimum absolute atomic E-state index is 0.527. The van der Waals surface area contributed by atoms with Gasteiger partial charge < -0.3 is 13.9 Å². The van der Waals surface area contributed by atoms with Gasteiger partial charge in [0.15, 0.2) is 0 Å². The summed E-state index contributed by atoms with van der Waals surface area (Å²) in [5.41, 5.74) is 17.9. The summed E-state index contributed by atoms with van der Waals surface area (Å²) in [5, 5.41) is 6.98. The number of hydrogen-bond acceptors (Lipinski definition) is 2. The van der Waals surface area contributed by atoms with Gasteiger partial charge in [0.25, 0.3) is 0 Å². The SMILES string of the molecule is c1ccc(-c2ccc(N(c3ccc4oc5ccc6ccccc6c5c4c3)c3ccc4c(c3)c3cc(C5(c6ccccc6)c6ccccc6-c6ccccc65)ccc3n4-c3ccccc3)cc2)cc1. The van der Waals surface area contributed by atoms with E-state index in [1.165, 1.54) is 66.1 Å². The Kier molecular flexibility index (Phi) is 8.50. The number of anilines is 3. The molecule has 13 aromatic rings. The molecule has 0 saturated heterocycles. The number of nitrogens with zero attached hydrogens (tertiary/aromatic N) is 2. The van der Waals surface area contributed by atoms with Crippen LogP contribution in [0.5, 0.6) is 0 Å². The van der Waals surface area contributed by atoms with Crippen LogP contribution in [0.15, 0.2) is 259 Å². The molecule has 2 aromatic heterocycles. The average Bonchev–Trinajstić information content (AvgIpc) is 4.06. The Morgan fingerprint density at radius 2 is 0.897 bits per heavy atom. The Labute approximate surface area is 394 Å². The van der Waals surface area contributed by atoms with Gasteiger partial charge in [-0.3, -0.25) is 0 Å². The average molecular weight is 867 g/mol. The van der Waals surface area contributed by atoms with Gasteiger partial charge in [-0.05, 0) is 134 Å². The Hall–Kier alpha value is -8.92. The number of aromatic nitrogens is 1. The lowest BCUT2D eigenvalue weighted by molar-refractivity contribution is 0.669. The molecule has 3 nitrogen and oxygen atoms in total. The summed E-state index contributed by atoms with van der Waals surface area (Å²) in [5.74, 6) is 0. The molecular formula is C65H42N2O. The highest BCUT2D eigenvalue weighted by Gasteiger charge is 2.46. The fourth-order valence-electron chi connectivity index (χ4n) is 11.5. The van der Waals surface area contributed by atoms with Crippen molar-refractivity contribution in [3.63, 3.8) is 0 Å². The molecule has 68 heavy (non-hydrogen) atoms. The Morgan fingerprint density at radius 3 is 1.63 bits per heavy atom. The molecule has 14 rings (SSSR count). The second-order valence-electron chi connectivity index (χ2n) is 18.0. The van der Waals surface area contributed by atoms with E-state index in [4.69, 9.17) is 4.42 Å². The molecular weight excluding hydrogens is 825 g/mol. The topological polar surface area (TPSA) is 21.3 Å². The van der Waals surface area contributed by atoms with E-state index in [0.29, 0.717) is 0 Å². The predicted molar refractivity (Wildman–Crippen MR) is 283 cm³/mol. The minimum atomic E-state index is -0.527. The zero-order chi connectivity index (χ0) is 44.8. The molecule has 0 spiro atoms. The van der Waals surface area contributed by atoms with E-state index in [-0.39, 0.29) is 0 Å². The zero-order valence-electron chi connectivity index (χ0n) is 37.1. The lowest BCUT2D eigenvalue weighted by Crippen LogP contribution is -2.28. The Balaban J connectivity index is 1.03. The molecule has 318 valence electrons. The molecule has 0 aliphatic heterocycles. The number of furan rings is 1. The fraction of sp³-hybridized carbons (Fsp3) is 0.0154. The molecule has 0 fully saturated rings. The van der Waals surface area contributed by atoms with Crippen molar-refractivity contribution in [1.82, 2.24) is 4.57 Å². The summed E-state index contributed by atoms with van der Waals surface area (Å²) in [6, 6.07) is 93.2. The van der Waals surface area contributed by atoms with E-state index in [0.717, 1.165) is 55.7 Å². The summed E-state index contributed by atoms with van der Waals surface area (Å²) in [6.45, 7) is 0. The molecule has 0 atom stereocenters. The van der Waals surface area contributed by atoms with Gasteiger partial charge >= 0.3 is 0 Å². The largest absolute Gasteiger partial charge is 0.456 e. The normalized spacial score (nSPS) is 12.8. The van der Waals surface area contributed by atoms with Crippen LogP contribution in [0.4, 0.5) is 17.1 Å². The first-order valence-corrected chi connectivity index (χ1v) is 23.4. The Bertz CT molecular complexity index is 4030. The van der Waals surface area contributed by atoms with Crippen LogP contribution in [0.25, 0.3) is 82.5 Å². The van der Waals surface area contributed by atoms with E-state index in [1.54, 1.807) is 0 Å². The van der Waals surface area contributed by atoms with Crippen LogP contribution in [0.2, 0.25) is 0 Å². The van der Waals surface area contributed by atoms with Crippen molar-refractivity contribution in [1.29, 1.82) is 0 Å². The summed E-state index contributed by atoms with van der Waals surface area (Å²) >= 11 is 0. The summed E-state index contributed by atoms with van der Waals surface area (Å²) in [7, 11) is 0. The van der Waals surface area contributed by atoms with Gasteiger partial charge in [-0.2, -0.15) is 0 Å². The van der Waals surface area contributed by atoms with Crippen LogP contribution in [0.1, 0.15) is 22.3 Å². The smallest absolute Gasteiger partial charge is 0.136 e. The third-order valence-electron chi connectivity index (χ3n) is 14.4. The standard InChI is InChI=1S/C65H42N2O/c1-4-16-43(17-5-1)44-28-32-49(33-29-44)66(51-35-39-62-57(42-51)64-52-23-11-10-18-45(52)30-38-63(64)68-62)50-34-37-61-56(41-50)55-40-47(31-36-60(55)67(61)48-21-8-3-9-22-48)65(46-19-6-2-7-20-46)58-26-14-12-24-53(58)54-25-13-15-27-59(54)65/h1-42H. The number of hydrogen-bond donors (Lipinski definition) is 0. The molecule has 0 radical (unpaired) electrons. The molecule has 1 aliphatic carbocycles. The van der Waals surface area contributed by atoms with Gasteiger partial charge in [0, 0.05) is 44.3 Å². The Morgan fingerprint density at radius 1 is 0.353 bits per heavy atom. The van der Waals surface area contributed by atoms with Crippen molar-refractivity contribution in [2.24, 2.45) is 0 Å². The van der Waals surface area contributed by atoms with E-state index >= 15 is 0 Å². The molecule has 0 bridgehead atoms. The van der Waals surface area contributed by atoms with Gasteiger partial charge in [0.1, 0.15) is 11.2 Å². The summed E-state index contributed by atoms with van der Waals surface area (Å²) < 4.78 is 8.97. The fourth-order valence-corrected chi connectivity index (χ4v) is 11.5.